The van der Waals surface area contributed by atoms with Gasteiger partial charge in [0.2, 0.25) is 0 Å². The van der Waals surface area contributed by atoms with Crippen molar-refractivity contribution in [1.29, 1.82) is 0 Å². The molecule has 2 aromatic heterocycles. The first-order valence-corrected chi connectivity index (χ1v) is 12.4. The zero-order chi connectivity index (χ0) is 22.0. The fraction of sp³-hybridized carbons (Fsp3) is 0.217. The standard InChI is InChI=1S/C23H22N2O4S2/c1-3-16-10-11-20-21(13-16)30-23(24-20)25(15-18-8-6-12-29-18)22(26)17-7-5-9-19(14-17)31(27,28)4-2/h5-14H,3-4,15H2,1-2H3. The van der Waals surface area contributed by atoms with E-state index in [1.165, 1.54) is 33.9 Å². The third-order valence-electron chi connectivity index (χ3n) is 5.04. The van der Waals surface area contributed by atoms with E-state index in [1.807, 2.05) is 12.1 Å². The van der Waals surface area contributed by atoms with E-state index in [2.05, 4.69) is 18.0 Å². The number of furan rings is 1. The van der Waals surface area contributed by atoms with Crippen molar-refractivity contribution in [1.82, 2.24) is 4.98 Å². The molecule has 0 bridgehead atoms. The van der Waals surface area contributed by atoms with Crippen molar-refractivity contribution in [2.24, 2.45) is 0 Å². The molecule has 0 saturated carbocycles. The number of aryl methyl sites for hydroxylation is 1. The molecule has 0 radical (unpaired) electrons. The fourth-order valence-electron chi connectivity index (χ4n) is 3.22. The quantitative estimate of drug-likeness (QED) is 0.388. The Labute approximate surface area is 185 Å². The van der Waals surface area contributed by atoms with Crippen LogP contribution in [0.4, 0.5) is 5.13 Å². The molecule has 0 atom stereocenters. The fourth-order valence-corrected chi connectivity index (χ4v) is 5.17. The molecule has 0 fully saturated rings. The van der Waals surface area contributed by atoms with Gasteiger partial charge >= 0.3 is 0 Å². The number of sulfone groups is 1. The maximum atomic E-state index is 13.5. The van der Waals surface area contributed by atoms with Crippen LogP contribution in [0, 0.1) is 0 Å². The summed E-state index contributed by atoms with van der Waals surface area (Å²) in [6.07, 6.45) is 2.47. The van der Waals surface area contributed by atoms with Crippen LogP contribution in [0.5, 0.6) is 0 Å². The average Bonchev–Trinajstić information content (AvgIpc) is 3.46. The Bertz CT molecular complexity index is 1320. The van der Waals surface area contributed by atoms with Crippen molar-refractivity contribution in [2.75, 3.05) is 10.7 Å². The van der Waals surface area contributed by atoms with Gasteiger partial charge in [-0.3, -0.25) is 9.69 Å². The number of benzene rings is 2. The van der Waals surface area contributed by atoms with Crippen LogP contribution in [0.1, 0.15) is 35.5 Å². The van der Waals surface area contributed by atoms with Gasteiger partial charge in [-0.2, -0.15) is 0 Å². The summed E-state index contributed by atoms with van der Waals surface area (Å²) >= 11 is 1.43. The molecule has 31 heavy (non-hydrogen) atoms. The first kappa shape index (κ1) is 21.3. The van der Waals surface area contributed by atoms with Crippen LogP contribution in [-0.4, -0.2) is 25.1 Å². The molecule has 160 valence electrons. The number of thiazole rings is 1. The molecule has 4 aromatic rings. The van der Waals surface area contributed by atoms with Crippen LogP contribution in [0.15, 0.2) is 70.2 Å². The molecule has 0 aliphatic heterocycles. The first-order valence-electron chi connectivity index (χ1n) is 9.98. The summed E-state index contributed by atoms with van der Waals surface area (Å²) in [5.41, 5.74) is 2.30. The van der Waals surface area contributed by atoms with E-state index < -0.39 is 9.84 Å². The zero-order valence-corrected chi connectivity index (χ0v) is 18.9. The molecule has 0 spiro atoms. The minimum atomic E-state index is -3.42. The lowest BCUT2D eigenvalue weighted by atomic mass is 10.2. The molecule has 6 nitrogen and oxygen atoms in total. The molecular formula is C23H22N2O4S2. The smallest absolute Gasteiger partial charge is 0.260 e. The summed E-state index contributed by atoms with van der Waals surface area (Å²) in [6.45, 7) is 3.86. The minimum absolute atomic E-state index is 0.0294. The van der Waals surface area contributed by atoms with Crippen molar-refractivity contribution in [3.63, 3.8) is 0 Å². The van der Waals surface area contributed by atoms with Gasteiger partial charge in [0, 0.05) is 5.56 Å². The molecule has 4 rings (SSSR count). The number of carbonyl (C=O) groups excluding carboxylic acids is 1. The Balaban J connectivity index is 1.77. The van der Waals surface area contributed by atoms with Gasteiger partial charge in [0.15, 0.2) is 15.0 Å². The van der Waals surface area contributed by atoms with Gasteiger partial charge in [-0.05, 0) is 54.4 Å². The molecule has 2 aromatic carbocycles. The van der Waals surface area contributed by atoms with E-state index >= 15 is 0 Å². The lowest BCUT2D eigenvalue weighted by molar-refractivity contribution is 0.0983. The number of nitrogens with zero attached hydrogens (tertiary/aromatic N) is 2. The number of amides is 1. The first-order chi connectivity index (χ1) is 14.9. The SMILES string of the molecule is CCc1ccc2nc(N(Cc3ccco3)C(=O)c3cccc(S(=O)(=O)CC)c3)sc2c1. The molecular weight excluding hydrogens is 432 g/mol. The summed E-state index contributed by atoms with van der Waals surface area (Å²) < 4.78 is 31.1. The van der Waals surface area contributed by atoms with Crippen LogP contribution >= 0.6 is 11.3 Å². The number of fused-ring (bicyclic) bond motifs is 1. The second-order valence-electron chi connectivity index (χ2n) is 7.05. The Kier molecular flexibility index (Phi) is 5.93. The van der Waals surface area contributed by atoms with Crippen molar-refractivity contribution >= 4 is 42.4 Å². The van der Waals surface area contributed by atoms with Gasteiger partial charge < -0.3 is 4.42 Å². The number of carbonyl (C=O) groups is 1. The zero-order valence-electron chi connectivity index (χ0n) is 17.2. The number of anilines is 1. The highest BCUT2D eigenvalue weighted by Gasteiger charge is 2.24. The highest BCUT2D eigenvalue weighted by Crippen LogP contribution is 2.32. The Morgan fingerprint density at radius 1 is 1.10 bits per heavy atom. The predicted molar refractivity (Wildman–Crippen MR) is 122 cm³/mol. The third-order valence-corrected chi connectivity index (χ3v) is 7.81. The summed E-state index contributed by atoms with van der Waals surface area (Å²) in [6, 6.07) is 15.8. The number of rotatable bonds is 7. The highest BCUT2D eigenvalue weighted by molar-refractivity contribution is 7.91. The lowest BCUT2D eigenvalue weighted by Crippen LogP contribution is -2.30. The maximum absolute atomic E-state index is 13.5. The molecule has 8 heteroatoms. The highest BCUT2D eigenvalue weighted by atomic mass is 32.2. The lowest BCUT2D eigenvalue weighted by Gasteiger charge is -2.19. The van der Waals surface area contributed by atoms with Crippen molar-refractivity contribution in [2.45, 2.75) is 31.7 Å². The van der Waals surface area contributed by atoms with Crippen LogP contribution in [-0.2, 0) is 22.8 Å². The minimum Gasteiger partial charge on any atom is -0.467 e. The summed E-state index contributed by atoms with van der Waals surface area (Å²) in [4.78, 5) is 19.8. The van der Waals surface area contributed by atoms with E-state index in [1.54, 1.807) is 37.5 Å². The van der Waals surface area contributed by atoms with Crippen molar-refractivity contribution in [3.8, 4) is 0 Å². The summed E-state index contributed by atoms with van der Waals surface area (Å²) in [7, 11) is -3.42. The Morgan fingerprint density at radius 3 is 2.65 bits per heavy atom. The Morgan fingerprint density at radius 2 is 1.94 bits per heavy atom. The van der Waals surface area contributed by atoms with Crippen molar-refractivity contribution < 1.29 is 17.6 Å². The van der Waals surface area contributed by atoms with Gasteiger partial charge in [0.05, 0.1) is 33.7 Å². The molecule has 0 aliphatic carbocycles. The third kappa shape index (κ3) is 4.40. The van der Waals surface area contributed by atoms with Gasteiger partial charge in [-0.1, -0.05) is 37.3 Å². The molecule has 0 N–H and O–H groups in total. The van der Waals surface area contributed by atoms with E-state index in [-0.39, 0.29) is 28.7 Å². The van der Waals surface area contributed by atoms with Crippen LogP contribution in [0.25, 0.3) is 10.2 Å². The van der Waals surface area contributed by atoms with Gasteiger partial charge in [-0.15, -0.1) is 0 Å². The van der Waals surface area contributed by atoms with Gasteiger partial charge in [0.25, 0.3) is 5.91 Å². The van der Waals surface area contributed by atoms with Crippen LogP contribution in [0.2, 0.25) is 0 Å². The normalized spacial score (nSPS) is 11.7. The molecule has 1 amide bonds. The average molecular weight is 455 g/mol. The molecule has 0 aliphatic rings. The number of hydrogen-bond acceptors (Lipinski definition) is 6. The largest absolute Gasteiger partial charge is 0.467 e. The Hall–Kier alpha value is -2.97. The second kappa shape index (κ2) is 8.64. The molecule has 2 heterocycles. The number of hydrogen-bond donors (Lipinski definition) is 0. The van der Waals surface area contributed by atoms with Crippen molar-refractivity contribution in [3.05, 3.63) is 77.7 Å². The van der Waals surface area contributed by atoms with E-state index in [9.17, 15) is 13.2 Å². The van der Waals surface area contributed by atoms with Gasteiger partial charge in [-0.25, -0.2) is 13.4 Å². The second-order valence-corrected chi connectivity index (χ2v) is 10.3. The summed E-state index contributed by atoms with van der Waals surface area (Å²) in [5.74, 6) is 0.247. The van der Waals surface area contributed by atoms with E-state index in [4.69, 9.17) is 4.42 Å². The molecule has 0 unspecified atom stereocenters. The van der Waals surface area contributed by atoms with E-state index in [0.29, 0.717) is 10.9 Å². The van der Waals surface area contributed by atoms with Crippen LogP contribution < -0.4 is 4.90 Å². The topological polar surface area (TPSA) is 80.5 Å². The monoisotopic (exact) mass is 454 g/mol. The molecule has 0 saturated heterocycles. The maximum Gasteiger partial charge on any atom is 0.260 e. The van der Waals surface area contributed by atoms with Gasteiger partial charge in [0.1, 0.15) is 5.76 Å². The number of aromatic nitrogens is 1. The summed E-state index contributed by atoms with van der Waals surface area (Å²) in [5, 5.41) is 0.536. The van der Waals surface area contributed by atoms with Crippen LogP contribution in [0.3, 0.4) is 0 Å². The predicted octanol–water partition coefficient (Wildman–Crippen LogP) is 5.09. The van der Waals surface area contributed by atoms with E-state index in [0.717, 1.165) is 16.6 Å².